The van der Waals surface area contributed by atoms with Gasteiger partial charge in [0.2, 0.25) is 11.8 Å². The molecule has 1 fully saturated rings. The van der Waals surface area contributed by atoms with Crippen molar-refractivity contribution in [2.45, 2.75) is 50.6 Å². The molecule has 1 aliphatic rings. The van der Waals surface area contributed by atoms with Gasteiger partial charge in [-0.3, -0.25) is 9.59 Å². The number of aromatic nitrogens is 2. The Labute approximate surface area is 198 Å². The van der Waals surface area contributed by atoms with E-state index in [1.54, 1.807) is 23.0 Å². The van der Waals surface area contributed by atoms with Crippen LogP contribution in [-0.4, -0.2) is 34.2 Å². The summed E-state index contributed by atoms with van der Waals surface area (Å²) in [5.41, 5.74) is 2.16. The van der Waals surface area contributed by atoms with Crippen LogP contribution in [0.5, 0.6) is 5.75 Å². The molecule has 2 N–H and O–H groups in total. The molecule has 0 saturated carbocycles. The van der Waals surface area contributed by atoms with Gasteiger partial charge in [0.15, 0.2) is 11.6 Å². The number of hydrogen-bond donors (Lipinski definition) is 2. The number of carbonyl (C=O) groups is 2. The zero-order chi connectivity index (χ0) is 24.1. The van der Waals surface area contributed by atoms with Crippen molar-refractivity contribution >= 4 is 11.8 Å². The van der Waals surface area contributed by atoms with E-state index in [2.05, 4.69) is 15.7 Å². The summed E-state index contributed by atoms with van der Waals surface area (Å²) >= 11 is 0. The van der Waals surface area contributed by atoms with E-state index >= 15 is 0 Å². The fourth-order valence-corrected chi connectivity index (χ4v) is 4.42. The third-order valence-electron chi connectivity index (χ3n) is 6.32. The zero-order valence-electron chi connectivity index (χ0n) is 19.4. The van der Waals surface area contributed by atoms with Gasteiger partial charge in [-0.1, -0.05) is 24.3 Å². The molecule has 1 aromatic heterocycles. The van der Waals surface area contributed by atoms with Gasteiger partial charge in [-0.2, -0.15) is 5.10 Å². The van der Waals surface area contributed by atoms with Crippen molar-refractivity contribution in [3.05, 3.63) is 77.9 Å². The molecular formula is C26H29FN4O3. The van der Waals surface area contributed by atoms with Crippen LogP contribution < -0.4 is 15.4 Å². The Kier molecular flexibility index (Phi) is 6.95. The lowest BCUT2D eigenvalue weighted by atomic mass is 9.85. The van der Waals surface area contributed by atoms with Crippen LogP contribution >= 0.6 is 0 Å². The van der Waals surface area contributed by atoms with E-state index in [4.69, 9.17) is 4.74 Å². The molecule has 1 aliphatic heterocycles. The van der Waals surface area contributed by atoms with E-state index in [1.165, 1.54) is 13.2 Å². The molecule has 34 heavy (non-hydrogen) atoms. The molecule has 0 aliphatic carbocycles. The summed E-state index contributed by atoms with van der Waals surface area (Å²) in [5, 5.41) is 10.5. The first kappa shape index (κ1) is 23.5. The molecule has 0 radical (unpaired) electrons. The van der Waals surface area contributed by atoms with Crippen LogP contribution in [0.2, 0.25) is 0 Å². The van der Waals surface area contributed by atoms with Crippen LogP contribution in [0.3, 0.4) is 0 Å². The first-order chi connectivity index (χ1) is 16.4. The summed E-state index contributed by atoms with van der Waals surface area (Å²) in [6.07, 6.45) is 5.94. The van der Waals surface area contributed by atoms with E-state index in [0.717, 1.165) is 16.8 Å². The predicted octanol–water partition coefficient (Wildman–Crippen LogP) is 3.87. The Balaban J connectivity index is 1.38. The van der Waals surface area contributed by atoms with Crippen molar-refractivity contribution in [1.82, 2.24) is 20.4 Å². The number of methoxy groups -OCH3 is 1. The lowest BCUT2D eigenvalue weighted by Gasteiger charge is -2.29. The van der Waals surface area contributed by atoms with Crippen LogP contribution in [-0.2, 0) is 16.0 Å². The lowest BCUT2D eigenvalue weighted by Crippen LogP contribution is -2.44. The highest BCUT2D eigenvalue weighted by atomic mass is 19.1. The Morgan fingerprint density at radius 3 is 2.79 bits per heavy atom. The average Bonchev–Trinajstić information content (AvgIpc) is 3.47. The molecule has 3 aromatic rings. The number of para-hydroxylation sites is 1. The number of carbonyl (C=O) groups excluding carboxylic acids is 2. The van der Waals surface area contributed by atoms with Crippen molar-refractivity contribution in [3.63, 3.8) is 0 Å². The Bertz CT molecular complexity index is 1160. The fraction of sp³-hybridized carbons (Fsp3) is 0.346. The number of nitrogens with zero attached hydrogens (tertiary/aromatic N) is 2. The summed E-state index contributed by atoms with van der Waals surface area (Å²) in [6.45, 7) is 1.92. The van der Waals surface area contributed by atoms with Gasteiger partial charge < -0.3 is 15.4 Å². The molecule has 2 amide bonds. The molecule has 0 unspecified atom stereocenters. The second-order valence-electron chi connectivity index (χ2n) is 8.82. The Morgan fingerprint density at radius 1 is 1.29 bits per heavy atom. The first-order valence-electron chi connectivity index (χ1n) is 11.4. The topological polar surface area (TPSA) is 85.2 Å². The van der Waals surface area contributed by atoms with Gasteiger partial charge in [-0.15, -0.1) is 0 Å². The largest absolute Gasteiger partial charge is 0.494 e. The summed E-state index contributed by atoms with van der Waals surface area (Å²) in [4.78, 5) is 24.8. The molecule has 2 atom stereocenters. The first-order valence-corrected chi connectivity index (χ1v) is 11.4. The SMILES string of the molecule is COc1cc(C[C@]2(CCC(=O)N[C@H](C)c3cnn(-c4ccccc4)c3)CCC(=O)N2)ccc1F. The molecule has 2 aromatic carbocycles. The number of amides is 2. The number of ether oxygens (including phenoxy) is 1. The highest BCUT2D eigenvalue weighted by molar-refractivity contribution is 5.80. The molecule has 0 spiro atoms. The second kappa shape index (κ2) is 10.1. The van der Waals surface area contributed by atoms with Gasteiger partial charge in [0.25, 0.3) is 0 Å². The standard InChI is InChI=1S/C26H29FN4O3/c1-18(20-16-28-31(17-20)21-6-4-3-5-7-21)29-24(32)10-12-26(13-11-25(33)30-26)15-19-8-9-22(27)23(14-19)34-2/h3-9,14,16-18H,10-13,15H2,1-2H3,(H,29,32)(H,30,33)/t18-,26+/m1/s1. The van der Waals surface area contributed by atoms with E-state index in [0.29, 0.717) is 25.7 Å². The Morgan fingerprint density at radius 2 is 2.09 bits per heavy atom. The van der Waals surface area contributed by atoms with E-state index in [-0.39, 0.29) is 30.0 Å². The molecule has 4 rings (SSSR count). The van der Waals surface area contributed by atoms with Gasteiger partial charge in [0.1, 0.15) is 0 Å². The highest BCUT2D eigenvalue weighted by Gasteiger charge is 2.38. The van der Waals surface area contributed by atoms with Crippen LogP contribution in [0.25, 0.3) is 5.69 Å². The third-order valence-corrected chi connectivity index (χ3v) is 6.32. The molecule has 178 valence electrons. The van der Waals surface area contributed by atoms with Crippen LogP contribution in [0.15, 0.2) is 60.9 Å². The maximum absolute atomic E-state index is 13.8. The van der Waals surface area contributed by atoms with E-state index < -0.39 is 11.4 Å². The van der Waals surface area contributed by atoms with E-state index in [9.17, 15) is 14.0 Å². The average molecular weight is 465 g/mol. The number of nitrogens with one attached hydrogen (secondary N) is 2. The van der Waals surface area contributed by atoms with Crippen LogP contribution in [0.4, 0.5) is 4.39 Å². The van der Waals surface area contributed by atoms with Crippen molar-refractivity contribution in [3.8, 4) is 11.4 Å². The summed E-state index contributed by atoms with van der Waals surface area (Å²) in [5.74, 6) is -0.396. The van der Waals surface area contributed by atoms with Gasteiger partial charge in [0.05, 0.1) is 25.0 Å². The minimum Gasteiger partial charge on any atom is -0.494 e. The van der Waals surface area contributed by atoms with Crippen LogP contribution in [0, 0.1) is 5.82 Å². The molecule has 1 saturated heterocycles. The van der Waals surface area contributed by atoms with Crippen molar-refractivity contribution in [2.24, 2.45) is 0 Å². The molecular weight excluding hydrogens is 435 g/mol. The molecule has 0 bridgehead atoms. The van der Waals surface area contributed by atoms with Crippen molar-refractivity contribution in [1.29, 1.82) is 0 Å². The Hall–Kier alpha value is -3.68. The zero-order valence-corrected chi connectivity index (χ0v) is 19.4. The number of rotatable bonds is 9. The van der Waals surface area contributed by atoms with E-state index in [1.807, 2.05) is 43.5 Å². The summed E-state index contributed by atoms with van der Waals surface area (Å²) in [7, 11) is 1.42. The normalized spacial score (nSPS) is 18.4. The molecule has 2 heterocycles. The van der Waals surface area contributed by atoms with Gasteiger partial charge in [-0.25, -0.2) is 9.07 Å². The van der Waals surface area contributed by atoms with Gasteiger partial charge >= 0.3 is 0 Å². The predicted molar refractivity (Wildman–Crippen MR) is 126 cm³/mol. The maximum Gasteiger partial charge on any atom is 0.220 e. The summed E-state index contributed by atoms with van der Waals surface area (Å²) in [6, 6.07) is 14.3. The number of hydrogen-bond acceptors (Lipinski definition) is 4. The smallest absolute Gasteiger partial charge is 0.220 e. The minimum absolute atomic E-state index is 0.0313. The van der Waals surface area contributed by atoms with Gasteiger partial charge in [-0.05, 0) is 56.0 Å². The highest BCUT2D eigenvalue weighted by Crippen LogP contribution is 2.31. The third kappa shape index (κ3) is 5.44. The van der Waals surface area contributed by atoms with Crippen molar-refractivity contribution < 1.29 is 18.7 Å². The van der Waals surface area contributed by atoms with Crippen molar-refractivity contribution in [2.75, 3.05) is 7.11 Å². The quantitative estimate of drug-likeness (QED) is 0.504. The molecule has 7 nitrogen and oxygen atoms in total. The number of halogens is 1. The second-order valence-corrected chi connectivity index (χ2v) is 8.82. The minimum atomic E-state index is -0.543. The van der Waals surface area contributed by atoms with Gasteiger partial charge in [0, 0.05) is 30.1 Å². The number of benzene rings is 2. The molecule has 8 heteroatoms. The fourth-order valence-electron chi connectivity index (χ4n) is 4.42. The maximum atomic E-state index is 13.8. The van der Waals surface area contributed by atoms with Crippen LogP contribution in [0.1, 0.15) is 49.8 Å². The summed E-state index contributed by atoms with van der Waals surface area (Å²) < 4.78 is 20.7. The monoisotopic (exact) mass is 464 g/mol. The lowest BCUT2D eigenvalue weighted by molar-refractivity contribution is -0.123.